The van der Waals surface area contributed by atoms with Gasteiger partial charge in [-0.25, -0.2) is 13.4 Å². The Hall–Kier alpha value is -3.05. The van der Waals surface area contributed by atoms with E-state index in [0.717, 1.165) is 21.5 Å². The number of hydrogen-bond donors (Lipinski definition) is 0. The van der Waals surface area contributed by atoms with Crippen molar-refractivity contribution in [3.05, 3.63) is 77.1 Å². The summed E-state index contributed by atoms with van der Waals surface area (Å²) in [6, 6.07) is 15.7. The number of hydrogen-bond acceptors (Lipinski definition) is 7. The number of carbonyl (C=O) groups excluding carboxylic acids is 1. The number of anilines is 1. The molecule has 0 aliphatic carbocycles. The summed E-state index contributed by atoms with van der Waals surface area (Å²) in [5.41, 5.74) is 2.49. The molecule has 5 rings (SSSR count). The summed E-state index contributed by atoms with van der Waals surface area (Å²) in [4.78, 5) is 25.0. The molecule has 3 heterocycles. The highest BCUT2D eigenvalue weighted by molar-refractivity contribution is 7.89. The third-order valence-corrected chi connectivity index (χ3v) is 10.2. The van der Waals surface area contributed by atoms with E-state index in [0.29, 0.717) is 28.7 Å². The van der Waals surface area contributed by atoms with Gasteiger partial charge in [0.25, 0.3) is 0 Å². The molecular formula is C27H27ClN4O4S2. The van der Waals surface area contributed by atoms with Crippen LogP contribution in [0.4, 0.5) is 5.13 Å². The molecule has 0 bridgehead atoms. The number of sulfonamides is 1. The lowest BCUT2D eigenvalue weighted by Gasteiger charge is -2.33. The van der Waals surface area contributed by atoms with Gasteiger partial charge in [-0.05, 0) is 67.8 Å². The van der Waals surface area contributed by atoms with Crippen LogP contribution in [-0.2, 0) is 21.4 Å². The van der Waals surface area contributed by atoms with E-state index in [1.165, 1.54) is 22.8 Å². The van der Waals surface area contributed by atoms with Crippen molar-refractivity contribution in [3.8, 4) is 5.75 Å². The van der Waals surface area contributed by atoms with Gasteiger partial charge in [-0.2, -0.15) is 4.31 Å². The third-order valence-electron chi connectivity index (χ3n) is 6.73. The fourth-order valence-corrected chi connectivity index (χ4v) is 7.35. The predicted molar refractivity (Wildman–Crippen MR) is 149 cm³/mol. The van der Waals surface area contributed by atoms with Gasteiger partial charge in [0, 0.05) is 25.2 Å². The van der Waals surface area contributed by atoms with Crippen molar-refractivity contribution in [2.45, 2.75) is 31.2 Å². The van der Waals surface area contributed by atoms with E-state index in [9.17, 15) is 13.2 Å². The Kier molecular flexibility index (Phi) is 7.67. The minimum atomic E-state index is -3.67. The zero-order valence-electron chi connectivity index (χ0n) is 21.0. The highest BCUT2D eigenvalue weighted by Gasteiger charge is 2.35. The molecule has 0 spiro atoms. The van der Waals surface area contributed by atoms with Crippen LogP contribution in [0, 0.1) is 12.8 Å². The first-order valence-electron chi connectivity index (χ1n) is 12.2. The van der Waals surface area contributed by atoms with E-state index in [-0.39, 0.29) is 36.4 Å². The number of pyridine rings is 1. The van der Waals surface area contributed by atoms with Crippen LogP contribution in [0.3, 0.4) is 0 Å². The molecular weight excluding hydrogens is 544 g/mol. The summed E-state index contributed by atoms with van der Waals surface area (Å²) in [6.45, 7) is 2.74. The lowest BCUT2D eigenvalue weighted by molar-refractivity contribution is -0.123. The lowest BCUT2D eigenvalue weighted by Crippen LogP contribution is -2.44. The van der Waals surface area contributed by atoms with Crippen LogP contribution in [0.5, 0.6) is 5.75 Å². The molecule has 0 N–H and O–H groups in total. The van der Waals surface area contributed by atoms with Crippen molar-refractivity contribution in [1.82, 2.24) is 14.3 Å². The fourth-order valence-electron chi connectivity index (χ4n) is 4.56. The standard InChI is InChI=1S/C27H27ClN4O4S2/c1-18-6-11-23(28)25-24(18)30-27(37-25)32(17-20-5-3-4-14-29-20)26(33)19-12-15-31(16-13-19)38(34,35)22-9-7-21(36-2)8-10-22/h3-11,14,19H,12-13,15-17H2,1-2H3. The third kappa shape index (κ3) is 5.26. The van der Waals surface area contributed by atoms with Crippen LogP contribution < -0.4 is 9.64 Å². The zero-order valence-corrected chi connectivity index (χ0v) is 23.4. The van der Waals surface area contributed by atoms with Gasteiger partial charge >= 0.3 is 0 Å². The Morgan fingerprint density at radius 3 is 2.50 bits per heavy atom. The predicted octanol–water partition coefficient (Wildman–Crippen LogP) is 5.30. The van der Waals surface area contributed by atoms with Crippen molar-refractivity contribution in [1.29, 1.82) is 0 Å². The normalized spacial score (nSPS) is 15.0. The van der Waals surface area contributed by atoms with Gasteiger partial charge in [0.15, 0.2) is 5.13 Å². The highest BCUT2D eigenvalue weighted by atomic mass is 35.5. The largest absolute Gasteiger partial charge is 0.497 e. The first-order valence-corrected chi connectivity index (χ1v) is 14.8. The summed E-state index contributed by atoms with van der Waals surface area (Å²) in [5, 5.41) is 1.15. The van der Waals surface area contributed by atoms with Gasteiger partial charge in [0.05, 0.1) is 39.5 Å². The zero-order chi connectivity index (χ0) is 26.9. The number of thiazole rings is 1. The Morgan fingerprint density at radius 2 is 1.87 bits per heavy atom. The maximum atomic E-state index is 13.9. The van der Waals surface area contributed by atoms with Gasteiger partial charge in [-0.1, -0.05) is 35.1 Å². The monoisotopic (exact) mass is 570 g/mol. The van der Waals surface area contributed by atoms with Crippen molar-refractivity contribution < 1.29 is 17.9 Å². The Balaban J connectivity index is 1.38. The number of ether oxygens (including phenoxy) is 1. The van der Waals surface area contributed by atoms with Gasteiger partial charge in [-0.3, -0.25) is 14.7 Å². The molecule has 8 nitrogen and oxygen atoms in total. The van der Waals surface area contributed by atoms with Crippen LogP contribution in [0.2, 0.25) is 5.02 Å². The van der Waals surface area contributed by atoms with E-state index < -0.39 is 10.0 Å². The summed E-state index contributed by atoms with van der Waals surface area (Å²) in [6.07, 6.45) is 2.52. The molecule has 1 aliphatic heterocycles. The lowest BCUT2D eigenvalue weighted by atomic mass is 9.96. The minimum Gasteiger partial charge on any atom is -0.497 e. The number of carbonyl (C=O) groups is 1. The number of amides is 1. The van der Waals surface area contributed by atoms with E-state index in [4.69, 9.17) is 21.3 Å². The maximum absolute atomic E-state index is 13.9. The number of halogens is 1. The number of rotatable bonds is 7. The molecule has 1 amide bonds. The number of aryl methyl sites for hydroxylation is 1. The molecule has 38 heavy (non-hydrogen) atoms. The van der Waals surface area contributed by atoms with Gasteiger partial charge in [0.2, 0.25) is 15.9 Å². The smallest absolute Gasteiger partial charge is 0.243 e. The summed E-state index contributed by atoms with van der Waals surface area (Å²) in [7, 11) is -2.13. The first-order chi connectivity index (χ1) is 18.3. The van der Waals surface area contributed by atoms with E-state index in [1.807, 2.05) is 37.3 Å². The summed E-state index contributed by atoms with van der Waals surface area (Å²) in [5.74, 6) is 0.155. The Labute approximate surface area is 230 Å². The molecule has 1 saturated heterocycles. The van der Waals surface area contributed by atoms with Crippen LogP contribution in [0.25, 0.3) is 10.2 Å². The summed E-state index contributed by atoms with van der Waals surface area (Å²) >= 11 is 7.83. The topological polar surface area (TPSA) is 92.7 Å². The quantitative estimate of drug-likeness (QED) is 0.299. The number of fused-ring (bicyclic) bond motifs is 1. The second-order valence-electron chi connectivity index (χ2n) is 9.14. The van der Waals surface area contributed by atoms with Gasteiger partial charge in [0.1, 0.15) is 5.75 Å². The minimum absolute atomic E-state index is 0.0926. The number of aromatic nitrogens is 2. The Morgan fingerprint density at radius 1 is 1.13 bits per heavy atom. The molecule has 2 aromatic heterocycles. The number of piperidine rings is 1. The number of benzene rings is 2. The van der Waals surface area contributed by atoms with Crippen molar-refractivity contribution >= 4 is 54.2 Å². The van der Waals surface area contributed by atoms with Crippen LogP contribution in [0.1, 0.15) is 24.1 Å². The van der Waals surface area contributed by atoms with Crippen LogP contribution in [0.15, 0.2) is 65.7 Å². The average Bonchev–Trinajstić information content (AvgIpc) is 3.41. The Bertz CT molecular complexity index is 1510. The average molecular weight is 571 g/mol. The van der Waals surface area contributed by atoms with E-state index in [1.54, 1.807) is 35.4 Å². The molecule has 0 unspecified atom stereocenters. The molecule has 0 radical (unpaired) electrons. The molecule has 1 aliphatic rings. The van der Waals surface area contributed by atoms with E-state index >= 15 is 0 Å². The second-order valence-corrected chi connectivity index (χ2v) is 12.5. The van der Waals surface area contributed by atoms with Crippen molar-refractivity contribution in [2.24, 2.45) is 5.92 Å². The SMILES string of the molecule is COc1ccc(S(=O)(=O)N2CCC(C(=O)N(Cc3ccccn3)c3nc4c(C)ccc(Cl)c4s3)CC2)cc1. The maximum Gasteiger partial charge on any atom is 0.243 e. The molecule has 198 valence electrons. The van der Waals surface area contributed by atoms with Crippen molar-refractivity contribution in [2.75, 3.05) is 25.1 Å². The second kappa shape index (κ2) is 11.0. The van der Waals surface area contributed by atoms with Crippen LogP contribution >= 0.6 is 22.9 Å². The van der Waals surface area contributed by atoms with Crippen LogP contribution in [-0.4, -0.2) is 48.8 Å². The van der Waals surface area contributed by atoms with Gasteiger partial charge < -0.3 is 4.74 Å². The molecule has 11 heteroatoms. The molecule has 2 aromatic carbocycles. The van der Waals surface area contributed by atoms with Gasteiger partial charge in [-0.15, -0.1) is 0 Å². The molecule has 0 atom stereocenters. The van der Waals surface area contributed by atoms with E-state index in [2.05, 4.69) is 4.98 Å². The molecule has 1 fully saturated rings. The molecule has 4 aromatic rings. The highest BCUT2D eigenvalue weighted by Crippen LogP contribution is 2.37. The molecule has 0 saturated carbocycles. The van der Waals surface area contributed by atoms with Crippen molar-refractivity contribution in [3.63, 3.8) is 0 Å². The fraction of sp³-hybridized carbons (Fsp3) is 0.296. The summed E-state index contributed by atoms with van der Waals surface area (Å²) < 4.78 is 33.8. The number of nitrogens with zero attached hydrogens (tertiary/aromatic N) is 4. The first kappa shape index (κ1) is 26.6. The number of methoxy groups -OCH3 is 1.